The van der Waals surface area contributed by atoms with E-state index in [1.165, 1.54) is 29.2 Å². The Bertz CT molecular complexity index is 1270. The summed E-state index contributed by atoms with van der Waals surface area (Å²) in [6.45, 7) is 0.284. The molecule has 0 fully saturated rings. The number of fused-ring (bicyclic) bond motifs is 1. The second-order valence-corrected chi connectivity index (χ2v) is 7.61. The van der Waals surface area contributed by atoms with Gasteiger partial charge in [0.05, 0.1) is 16.3 Å². The summed E-state index contributed by atoms with van der Waals surface area (Å²) in [6.07, 6.45) is 4.66. The van der Waals surface area contributed by atoms with Crippen LogP contribution < -0.4 is 10.2 Å². The molecular weight excluding hydrogens is 433 g/mol. The van der Waals surface area contributed by atoms with E-state index < -0.39 is 17.5 Å². The van der Waals surface area contributed by atoms with Crippen molar-refractivity contribution in [2.45, 2.75) is 6.54 Å². The van der Waals surface area contributed by atoms with E-state index in [0.717, 1.165) is 11.6 Å². The lowest BCUT2D eigenvalue weighted by Gasteiger charge is -2.27. The molecular formula is C24H17ClFN3O3. The lowest BCUT2D eigenvalue weighted by Crippen LogP contribution is -2.37. The predicted molar refractivity (Wildman–Crippen MR) is 119 cm³/mol. The minimum Gasteiger partial charge on any atom is -0.348 e. The zero-order chi connectivity index (χ0) is 22.8. The molecule has 1 aromatic heterocycles. The third-order valence-electron chi connectivity index (χ3n) is 5.07. The maximum atomic E-state index is 13.4. The zero-order valence-corrected chi connectivity index (χ0v) is 17.7. The number of hydrogen-bond donors (Lipinski definition) is 1. The van der Waals surface area contributed by atoms with Crippen LogP contribution in [0, 0.1) is 5.82 Å². The van der Waals surface area contributed by atoms with Crippen LogP contribution in [-0.4, -0.2) is 29.6 Å². The molecule has 2 aromatic carbocycles. The Morgan fingerprint density at radius 1 is 1.19 bits per heavy atom. The number of pyridine rings is 1. The van der Waals surface area contributed by atoms with Gasteiger partial charge in [0.2, 0.25) is 5.78 Å². The molecule has 0 aliphatic carbocycles. The number of anilines is 1. The number of likely N-dealkylation sites (N-methyl/N-ethyl adjacent to an activating group) is 1. The van der Waals surface area contributed by atoms with Gasteiger partial charge in [-0.15, -0.1) is 0 Å². The smallest absolute Gasteiger partial charge is 0.262 e. The highest BCUT2D eigenvalue weighted by Gasteiger charge is 2.33. The van der Waals surface area contributed by atoms with Crippen molar-refractivity contribution in [1.29, 1.82) is 0 Å². The number of ketones is 1. The molecule has 8 heteroatoms. The molecule has 0 unspecified atom stereocenters. The SMILES string of the molecule is CN1C(=O)/C(=C\c2ccc(F)c(Cl)c2)C(=O)c2cc(C(=O)NCc3cccnc3)ccc21. The fourth-order valence-electron chi connectivity index (χ4n) is 3.37. The lowest BCUT2D eigenvalue weighted by molar-refractivity contribution is -0.114. The summed E-state index contributed by atoms with van der Waals surface area (Å²) < 4.78 is 13.4. The Hall–Kier alpha value is -3.84. The summed E-state index contributed by atoms with van der Waals surface area (Å²) in [5.41, 5.74) is 2.06. The van der Waals surface area contributed by atoms with Crippen molar-refractivity contribution in [1.82, 2.24) is 10.3 Å². The van der Waals surface area contributed by atoms with Crippen LogP contribution in [0.3, 0.4) is 0 Å². The van der Waals surface area contributed by atoms with Crippen LogP contribution in [0.5, 0.6) is 0 Å². The molecule has 4 rings (SSSR count). The van der Waals surface area contributed by atoms with Gasteiger partial charge in [-0.1, -0.05) is 23.7 Å². The summed E-state index contributed by atoms with van der Waals surface area (Å²) in [7, 11) is 1.54. The van der Waals surface area contributed by atoms with Gasteiger partial charge < -0.3 is 10.2 Å². The number of amides is 2. The summed E-state index contributed by atoms with van der Waals surface area (Å²) in [4.78, 5) is 43.8. The quantitative estimate of drug-likeness (QED) is 0.481. The van der Waals surface area contributed by atoms with E-state index in [9.17, 15) is 18.8 Å². The summed E-state index contributed by atoms with van der Waals surface area (Å²) in [6, 6.07) is 12.1. The Morgan fingerprint density at radius 2 is 2.00 bits per heavy atom. The third-order valence-corrected chi connectivity index (χ3v) is 5.36. The summed E-state index contributed by atoms with van der Waals surface area (Å²) in [5.74, 6) is -1.98. The first-order valence-corrected chi connectivity index (χ1v) is 10.0. The predicted octanol–water partition coefficient (Wildman–Crippen LogP) is 4.05. The number of benzene rings is 2. The molecule has 2 amide bonds. The Balaban J connectivity index is 1.64. The van der Waals surface area contributed by atoms with Gasteiger partial charge in [-0.25, -0.2) is 4.39 Å². The van der Waals surface area contributed by atoms with E-state index in [4.69, 9.17) is 11.6 Å². The van der Waals surface area contributed by atoms with Gasteiger partial charge in [-0.2, -0.15) is 0 Å². The number of Topliss-reactive ketones (excluding diaryl/α,β-unsaturated/α-hetero) is 1. The number of carbonyl (C=O) groups excluding carboxylic acids is 3. The minimum absolute atomic E-state index is 0.101. The third kappa shape index (κ3) is 4.15. The Morgan fingerprint density at radius 3 is 2.72 bits per heavy atom. The molecule has 0 saturated carbocycles. The lowest BCUT2D eigenvalue weighted by atomic mass is 9.92. The van der Waals surface area contributed by atoms with E-state index >= 15 is 0 Å². The van der Waals surface area contributed by atoms with Gasteiger partial charge in [0.25, 0.3) is 11.8 Å². The van der Waals surface area contributed by atoms with Crippen LogP contribution in [0.15, 0.2) is 66.5 Å². The Labute approximate surface area is 188 Å². The van der Waals surface area contributed by atoms with Gasteiger partial charge in [0.15, 0.2) is 0 Å². The van der Waals surface area contributed by atoms with E-state index in [2.05, 4.69) is 10.3 Å². The monoisotopic (exact) mass is 449 g/mol. The summed E-state index contributed by atoms with van der Waals surface area (Å²) >= 11 is 5.81. The molecule has 1 N–H and O–H groups in total. The van der Waals surface area contributed by atoms with Gasteiger partial charge in [-0.3, -0.25) is 19.4 Å². The molecule has 1 aliphatic heterocycles. The zero-order valence-electron chi connectivity index (χ0n) is 16.9. The largest absolute Gasteiger partial charge is 0.348 e. The van der Waals surface area contributed by atoms with Crippen molar-refractivity contribution in [3.63, 3.8) is 0 Å². The number of nitrogens with one attached hydrogen (secondary N) is 1. The minimum atomic E-state index is -0.598. The normalized spacial score (nSPS) is 14.5. The second kappa shape index (κ2) is 8.72. The van der Waals surface area contributed by atoms with E-state index in [-0.39, 0.29) is 34.2 Å². The maximum Gasteiger partial charge on any atom is 0.262 e. The van der Waals surface area contributed by atoms with Crippen LogP contribution >= 0.6 is 11.6 Å². The first-order chi connectivity index (χ1) is 15.3. The number of nitrogens with zero attached hydrogens (tertiary/aromatic N) is 2. The van der Waals surface area contributed by atoms with Crippen molar-refractivity contribution < 1.29 is 18.8 Å². The van der Waals surface area contributed by atoms with Crippen molar-refractivity contribution >= 4 is 41.0 Å². The van der Waals surface area contributed by atoms with E-state index in [1.54, 1.807) is 37.6 Å². The van der Waals surface area contributed by atoms with Crippen molar-refractivity contribution in [2.24, 2.45) is 0 Å². The molecule has 32 heavy (non-hydrogen) atoms. The van der Waals surface area contributed by atoms with Gasteiger partial charge in [-0.05, 0) is 53.6 Å². The van der Waals surface area contributed by atoms with Crippen LogP contribution in [0.2, 0.25) is 5.02 Å². The number of aromatic nitrogens is 1. The fraction of sp³-hybridized carbons (Fsp3) is 0.0833. The molecule has 0 atom stereocenters. The van der Waals surface area contributed by atoms with E-state index in [0.29, 0.717) is 11.3 Å². The topological polar surface area (TPSA) is 79.4 Å². The number of halogens is 2. The molecule has 0 saturated heterocycles. The maximum absolute atomic E-state index is 13.4. The average Bonchev–Trinajstić information content (AvgIpc) is 2.81. The van der Waals surface area contributed by atoms with Crippen LogP contribution in [-0.2, 0) is 11.3 Å². The molecule has 0 bridgehead atoms. The standard InChI is InChI=1S/C24H17ClFN3O3/c1-29-21-7-5-16(23(31)28-13-15-3-2-8-27-12-15)11-17(21)22(30)18(24(29)32)9-14-4-6-20(26)19(25)10-14/h2-12H,13H2,1H3,(H,28,31)/b18-9-. The van der Waals surface area contributed by atoms with Crippen LogP contribution in [0.25, 0.3) is 6.08 Å². The van der Waals surface area contributed by atoms with Gasteiger partial charge in [0.1, 0.15) is 5.82 Å². The highest BCUT2D eigenvalue weighted by molar-refractivity contribution is 6.37. The highest BCUT2D eigenvalue weighted by Crippen LogP contribution is 2.31. The second-order valence-electron chi connectivity index (χ2n) is 7.20. The molecule has 6 nitrogen and oxygen atoms in total. The highest BCUT2D eigenvalue weighted by atomic mass is 35.5. The molecule has 1 aliphatic rings. The fourth-order valence-corrected chi connectivity index (χ4v) is 3.56. The van der Waals surface area contributed by atoms with Gasteiger partial charge in [0, 0.05) is 37.1 Å². The Kier molecular flexibility index (Phi) is 5.83. The number of rotatable bonds is 4. The molecule has 3 aromatic rings. The molecule has 160 valence electrons. The first-order valence-electron chi connectivity index (χ1n) is 9.66. The average molecular weight is 450 g/mol. The van der Waals surface area contributed by atoms with Crippen molar-refractivity contribution in [3.8, 4) is 0 Å². The van der Waals surface area contributed by atoms with Crippen LogP contribution in [0.4, 0.5) is 10.1 Å². The molecule has 0 radical (unpaired) electrons. The van der Waals surface area contributed by atoms with Crippen molar-refractivity contribution in [2.75, 3.05) is 11.9 Å². The molecule has 0 spiro atoms. The van der Waals surface area contributed by atoms with E-state index in [1.807, 2.05) is 6.07 Å². The number of hydrogen-bond acceptors (Lipinski definition) is 4. The van der Waals surface area contributed by atoms with Gasteiger partial charge >= 0.3 is 0 Å². The molecule has 2 heterocycles. The summed E-state index contributed by atoms with van der Waals surface area (Å²) in [5, 5.41) is 2.67. The van der Waals surface area contributed by atoms with Crippen LogP contribution in [0.1, 0.15) is 31.8 Å². The van der Waals surface area contributed by atoms with Crippen molar-refractivity contribution in [3.05, 3.63) is 99.6 Å². The first kappa shape index (κ1) is 21.4. The number of carbonyl (C=O) groups is 3.